The number of hydrogen-bond acceptors (Lipinski definition) is 7. The Hall–Kier alpha value is -2.90. The molecule has 0 aliphatic carbocycles. The van der Waals surface area contributed by atoms with Gasteiger partial charge in [0.2, 0.25) is 11.8 Å². The molecule has 1 heterocycles. The zero-order valence-electron chi connectivity index (χ0n) is 12.9. The lowest BCUT2D eigenvalue weighted by Crippen LogP contribution is -2.34. The van der Waals surface area contributed by atoms with E-state index in [9.17, 15) is 9.59 Å². The van der Waals surface area contributed by atoms with Crippen LogP contribution in [0, 0.1) is 6.92 Å². The van der Waals surface area contributed by atoms with E-state index in [4.69, 9.17) is 13.9 Å². The Bertz CT molecular complexity index is 666. The summed E-state index contributed by atoms with van der Waals surface area (Å²) in [5.41, 5.74) is 0.754. The molecule has 0 bridgehead atoms. The number of carbonyl (C=O) groups excluding carboxylic acids is 2. The quantitative estimate of drug-likeness (QED) is 0.762. The van der Waals surface area contributed by atoms with Gasteiger partial charge in [-0.25, -0.2) is 0 Å². The lowest BCUT2D eigenvalue weighted by atomic mass is 10.2. The molecule has 0 saturated heterocycles. The highest BCUT2D eigenvalue weighted by Gasteiger charge is 2.08. The molecule has 1 aromatic heterocycles. The van der Waals surface area contributed by atoms with Crippen LogP contribution in [0.15, 0.2) is 28.7 Å². The van der Waals surface area contributed by atoms with Gasteiger partial charge < -0.3 is 19.2 Å². The summed E-state index contributed by atoms with van der Waals surface area (Å²) in [6.45, 7) is 3.31. The fraction of sp³-hybridized carbons (Fsp3) is 0.333. The van der Waals surface area contributed by atoms with Gasteiger partial charge in [-0.15, -0.1) is 10.2 Å². The van der Waals surface area contributed by atoms with Gasteiger partial charge in [0.25, 0.3) is 5.91 Å². The number of hydrogen-bond donors (Lipinski definition) is 1. The molecule has 0 aliphatic heterocycles. The zero-order valence-corrected chi connectivity index (χ0v) is 12.9. The molecular formula is C15H17N3O5. The van der Waals surface area contributed by atoms with E-state index < -0.39 is 11.9 Å². The van der Waals surface area contributed by atoms with Gasteiger partial charge >= 0.3 is 5.97 Å². The predicted octanol–water partition coefficient (Wildman–Crippen LogP) is 1.10. The highest BCUT2D eigenvalue weighted by atomic mass is 16.5. The average molecular weight is 319 g/mol. The van der Waals surface area contributed by atoms with Crippen molar-refractivity contribution >= 4 is 11.9 Å². The van der Waals surface area contributed by atoms with Crippen LogP contribution in [0.25, 0.3) is 11.5 Å². The average Bonchev–Trinajstić information content (AvgIpc) is 2.98. The summed E-state index contributed by atoms with van der Waals surface area (Å²) >= 11 is 0. The molecular weight excluding hydrogens is 302 g/mol. The SMILES string of the molecule is CCOC(=O)CNC(=O)COc1ccc(-c2nnc(C)o2)cc1. The third-order valence-electron chi connectivity index (χ3n) is 2.73. The molecule has 1 amide bonds. The molecule has 0 fully saturated rings. The number of amides is 1. The topological polar surface area (TPSA) is 104 Å². The van der Waals surface area contributed by atoms with Crippen LogP contribution in [0.3, 0.4) is 0 Å². The molecule has 0 radical (unpaired) electrons. The van der Waals surface area contributed by atoms with Crippen molar-refractivity contribution in [3.8, 4) is 17.2 Å². The van der Waals surface area contributed by atoms with Gasteiger partial charge in [0.15, 0.2) is 6.61 Å². The van der Waals surface area contributed by atoms with Gasteiger partial charge in [0.05, 0.1) is 6.61 Å². The molecule has 0 aliphatic rings. The summed E-state index contributed by atoms with van der Waals surface area (Å²) in [7, 11) is 0. The summed E-state index contributed by atoms with van der Waals surface area (Å²) in [5, 5.41) is 10.1. The third-order valence-corrected chi connectivity index (χ3v) is 2.73. The lowest BCUT2D eigenvalue weighted by molar-refractivity contribution is -0.143. The van der Waals surface area contributed by atoms with Crippen molar-refractivity contribution in [2.75, 3.05) is 19.8 Å². The van der Waals surface area contributed by atoms with Crippen molar-refractivity contribution in [2.24, 2.45) is 0 Å². The van der Waals surface area contributed by atoms with Crippen LogP contribution in [-0.2, 0) is 14.3 Å². The second kappa shape index (κ2) is 7.92. The van der Waals surface area contributed by atoms with E-state index >= 15 is 0 Å². The van der Waals surface area contributed by atoms with Crippen LogP contribution in [0.5, 0.6) is 5.75 Å². The minimum Gasteiger partial charge on any atom is -0.484 e. The molecule has 0 saturated carbocycles. The van der Waals surface area contributed by atoms with E-state index in [2.05, 4.69) is 15.5 Å². The minimum atomic E-state index is -0.486. The van der Waals surface area contributed by atoms with Crippen molar-refractivity contribution in [1.82, 2.24) is 15.5 Å². The number of rotatable bonds is 7. The number of nitrogens with zero attached hydrogens (tertiary/aromatic N) is 2. The number of aryl methyl sites for hydroxylation is 1. The highest BCUT2D eigenvalue weighted by Crippen LogP contribution is 2.21. The fourth-order valence-electron chi connectivity index (χ4n) is 1.69. The van der Waals surface area contributed by atoms with E-state index in [1.807, 2.05) is 0 Å². The van der Waals surface area contributed by atoms with Crippen LogP contribution >= 0.6 is 0 Å². The standard InChI is InChI=1S/C15H17N3O5/c1-3-21-14(20)8-16-13(19)9-22-12-6-4-11(5-7-12)15-18-17-10(2)23-15/h4-7H,3,8-9H2,1-2H3,(H,16,19). The van der Waals surface area contributed by atoms with Crippen LogP contribution < -0.4 is 10.1 Å². The maximum atomic E-state index is 11.5. The Labute approximate surface area is 132 Å². The zero-order chi connectivity index (χ0) is 16.7. The van der Waals surface area contributed by atoms with Crippen molar-refractivity contribution in [3.63, 3.8) is 0 Å². The molecule has 0 unspecified atom stereocenters. The number of ether oxygens (including phenoxy) is 2. The lowest BCUT2D eigenvalue weighted by Gasteiger charge is -2.07. The van der Waals surface area contributed by atoms with Gasteiger partial charge in [-0.1, -0.05) is 0 Å². The first-order chi connectivity index (χ1) is 11.1. The van der Waals surface area contributed by atoms with Crippen LogP contribution in [-0.4, -0.2) is 41.8 Å². The van der Waals surface area contributed by atoms with Gasteiger partial charge in [0.1, 0.15) is 12.3 Å². The van der Waals surface area contributed by atoms with E-state index in [-0.39, 0.29) is 19.8 Å². The normalized spacial score (nSPS) is 10.2. The number of aromatic nitrogens is 2. The largest absolute Gasteiger partial charge is 0.484 e. The van der Waals surface area contributed by atoms with E-state index in [0.717, 1.165) is 5.56 Å². The van der Waals surface area contributed by atoms with Crippen molar-refractivity contribution in [3.05, 3.63) is 30.2 Å². The van der Waals surface area contributed by atoms with Gasteiger partial charge in [0, 0.05) is 12.5 Å². The molecule has 0 atom stereocenters. The number of esters is 1. The number of benzene rings is 1. The first kappa shape index (κ1) is 16.5. The number of carbonyl (C=O) groups is 2. The van der Waals surface area contributed by atoms with Crippen molar-refractivity contribution < 1.29 is 23.5 Å². The molecule has 2 aromatic rings. The van der Waals surface area contributed by atoms with Crippen molar-refractivity contribution in [2.45, 2.75) is 13.8 Å². The summed E-state index contributed by atoms with van der Waals surface area (Å²) in [6.07, 6.45) is 0. The summed E-state index contributed by atoms with van der Waals surface area (Å²) in [4.78, 5) is 22.6. The predicted molar refractivity (Wildman–Crippen MR) is 79.6 cm³/mol. The molecule has 8 nitrogen and oxygen atoms in total. The second-order valence-electron chi connectivity index (χ2n) is 4.52. The Balaban J connectivity index is 1.80. The fourth-order valence-corrected chi connectivity index (χ4v) is 1.69. The Morgan fingerprint density at radius 3 is 2.57 bits per heavy atom. The molecule has 23 heavy (non-hydrogen) atoms. The van der Waals surface area contributed by atoms with E-state index in [0.29, 0.717) is 17.5 Å². The monoisotopic (exact) mass is 319 g/mol. The van der Waals surface area contributed by atoms with Crippen LogP contribution in [0.4, 0.5) is 0 Å². The molecule has 0 spiro atoms. The highest BCUT2D eigenvalue weighted by molar-refractivity contribution is 5.82. The molecule has 1 aromatic carbocycles. The third kappa shape index (κ3) is 5.10. The van der Waals surface area contributed by atoms with Gasteiger partial charge in [-0.05, 0) is 31.2 Å². The number of nitrogens with one attached hydrogen (secondary N) is 1. The molecule has 8 heteroatoms. The Morgan fingerprint density at radius 1 is 1.22 bits per heavy atom. The molecule has 2 rings (SSSR count). The summed E-state index contributed by atoms with van der Waals surface area (Å²) in [6, 6.07) is 6.87. The maximum Gasteiger partial charge on any atom is 0.325 e. The maximum absolute atomic E-state index is 11.5. The van der Waals surface area contributed by atoms with E-state index in [1.54, 1.807) is 38.1 Å². The van der Waals surface area contributed by atoms with Crippen LogP contribution in [0.1, 0.15) is 12.8 Å². The van der Waals surface area contributed by atoms with Crippen LogP contribution in [0.2, 0.25) is 0 Å². The summed E-state index contributed by atoms with van der Waals surface area (Å²) in [5.74, 6) is 0.519. The van der Waals surface area contributed by atoms with Crippen molar-refractivity contribution in [1.29, 1.82) is 0 Å². The smallest absolute Gasteiger partial charge is 0.325 e. The second-order valence-corrected chi connectivity index (χ2v) is 4.52. The Morgan fingerprint density at radius 2 is 1.96 bits per heavy atom. The summed E-state index contributed by atoms with van der Waals surface area (Å²) < 4.78 is 15.3. The molecule has 122 valence electrons. The minimum absolute atomic E-state index is 0.175. The first-order valence-corrected chi connectivity index (χ1v) is 7.04. The van der Waals surface area contributed by atoms with E-state index in [1.165, 1.54) is 0 Å². The Kier molecular flexibility index (Phi) is 5.67. The van der Waals surface area contributed by atoms with Gasteiger partial charge in [-0.3, -0.25) is 9.59 Å². The van der Waals surface area contributed by atoms with Gasteiger partial charge in [-0.2, -0.15) is 0 Å². The first-order valence-electron chi connectivity index (χ1n) is 7.04. The molecule has 1 N–H and O–H groups in total.